The Kier molecular flexibility index (Phi) is 3.50. The van der Waals surface area contributed by atoms with Gasteiger partial charge in [0, 0.05) is 22.8 Å². The average Bonchev–Trinajstić information content (AvgIpc) is 2.59. The second-order valence-corrected chi connectivity index (χ2v) is 4.50. The van der Waals surface area contributed by atoms with Gasteiger partial charge < -0.3 is 5.32 Å². The number of aromatic nitrogens is 2. The average molecular weight is 250 g/mol. The van der Waals surface area contributed by atoms with Crippen LogP contribution in [0.2, 0.25) is 5.02 Å². The number of nitrogens with zero attached hydrogens (tertiary/aromatic N) is 2. The highest BCUT2D eigenvalue weighted by Crippen LogP contribution is 2.19. The number of hydrogen-bond donors (Lipinski definition) is 1. The summed E-state index contributed by atoms with van der Waals surface area (Å²) in [6, 6.07) is 7.71. The van der Waals surface area contributed by atoms with Crippen LogP contribution in [-0.2, 0) is 6.54 Å². The quantitative estimate of drug-likeness (QED) is 0.907. The third-order valence-electron chi connectivity index (χ3n) is 2.87. The van der Waals surface area contributed by atoms with Crippen LogP contribution in [0.1, 0.15) is 17.0 Å². The van der Waals surface area contributed by atoms with Gasteiger partial charge in [-0.15, -0.1) is 0 Å². The lowest BCUT2D eigenvalue weighted by molar-refractivity contribution is 0.801. The lowest BCUT2D eigenvalue weighted by atomic mass is 10.2. The fourth-order valence-corrected chi connectivity index (χ4v) is 2.07. The standard InChI is InChI=1S/C13H16ClN3/c1-9-13(8-15-3)10(2)17(16-9)12-6-4-11(14)5-7-12/h4-7,15H,8H2,1-3H3. The minimum Gasteiger partial charge on any atom is -0.316 e. The maximum Gasteiger partial charge on any atom is 0.0649 e. The molecular weight excluding hydrogens is 234 g/mol. The third-order valence-corrected chi connectivity index (χ3v) is 3.12. The summed E-state index contributed by atoms with van der Waals surface area (Å²) in [5.74, 6) is 0. The van der Waals surface area contributed by atoms with Crippen LogP contribution in [0.4, 0.5) is 0 Å². The first kappa shape index (κ1) is 12.1. The smallest absolute Gasteiger partial charge is 0.0649 e. The van der Waals surface area contributed by atoms with Gasteiger partial charge in [-0.3, -0.25) is 0 Å². The van der Waals surface area contributed by atoms with Gasteiger partial charge in [0.25, 0.3) is 0 Å². The lowest BCUT2D eigenvalue weighted by Gasteiger charge is -2.05. The molecule has 4 heteroatoms. The molecule has 0 atom stereocenters. The summed E-state index contributed by atoms with van der Waals surface area (Å²) in [6.45, 7) is 4.96. The van der Waals surface area contributed by atoms with E-state index in [0.717, 1.165) is 22.9 Å². The van der Waals surface area contributed by atoms with Crippen molar-refractivity contribution in [2.45, 2.75) is 20.4 Å². The van der Waals surface area contributed by atoms with Crippen molar-refractivity contribution in [2.75, 3.05) is 7.05 Å². The molecule has 2 aromatic rings. The molecule has 2 rings (SSSR count). The normalized spacial score (nSPS) is 10.8. The molecule has 0 unspecified atom stereocenters. The number of rotatable bonds is 3. The number of hydrogen-bond acceptors (Lipinski definition) is 2. The van der Waals surface area contributed by atoms with E-state index in [1.165, 1.54) is 11.3 Å². The largest absolute Gasteiger partial charge is 0.316 e. The Balaban J connectivity index is 2.46. The van der Waals surface area contributed by atoms with E-state index < -0.39 is 0 Å². The van der Waals surface area contributed by atoms with E-state index in [1.807, 2.05) is 42.9 Å². The third kappa shape index (κ3) is 2.35. The van der Waals surface area contributed by atoms with Crippen LogP contribution >= 0.6 is 11.6 Å². The molecule has 0 radical (unpaired) electrons. The van der Waals surface area contributed by atoms with Crippen molar-refractivity contribution in [2.24, 2.45) is 0 Å². The van der Waals surface area contributed by atoms with Gasteiger partial charge in [0.05, 0.1) is 11.4 Å². The van der Waals surface area contributed by atoms with Crippen LogP contribution in [-0.4, -0.2) is 16.8 Å². The maximum atomic E-state index is 5.89. The Hall–Kier alpha value is -1.32. The van der Waals surface area contributed by atoms with Gasteiger partial charge in [-0.05, 0) is 45.2 Å². The van der Waals surface area contributed by atoms with Crippen LogP contribution in [0.25, 0.3) is 5.69 Å². The summed E-state index contributed by atoms with van der Waals surface area (Å²) < 4.78 is 1.96. The Morgan fingerprint density at radius 1 is 1.24 bits per heavy atom. The molecule has 1 aromatic carbocycles. The molecule has 0 amide bonds. The molecule has 0 aliphatic heterocycles. The second kappa shape index (κ2) is 4.90. The molecular formula is C13H16ClN3. The molecule has 1 heterocycles. The van der Waals surface area contributed by atoms with Crippen LogP contribution in [0.3, 0.4) is 0 Å². The van der Waals surface area contributed by atoms with Crippen molar-refractivity contribution in [1.82, 2.24) is 15.1 Å². The van der Waals surface area contributed by atoms with Gasteiger partial charge in [0.15, 0.2) is 0 Å². The first-order chi connectivity index (χ1) is 8.13. The molecule has 1 N–H and O–H groups in total. The fourth-order valence-electron chi connectivity index (χ4n) is 1.94. The molecule has 90 valence electrons. The van der Waals surface area contributed by atoms with E-state index in [4.69, 9.17) is 11.6 Å². The van der Waals surface area contributed by atoms with Crippen molar-refractivity contribution >= 4 is 11.6 Å². The summed E-state index contributed by atoms with van der Waals surface area (Å²) in [4.78, 5) is 0. The minimum absolute atomic E-state index is 0.741. The van der Waals surface area contributed by atoms with Crippen molar-refractivity contribution in [1.29, 1.82) is 0 Å². The highest BCUT2D eigenvalue weighted by Gasteiger charge is 2.11. The lowest BCUT2D eigenvalue weighted by Crippen LogP contribution is -2.07. The van der Waals surface area contributed by atoms with Gasteiger partial charge in [-0.25, -0.2) is 4.68 Å². The molecule has 1 aromatic heterocycles. The molecule has 0 bridgehead atoms. The van der Waals surface area contributed by atoms with Gasteiger partial charge in [-0.1, -0.05) is 11.6 Å². The second-order valence-electron chi connectivity index (χ2n) is 4.07. The monoisotopic (exact) mass is 249 g/mol. The van der Waals surface area contributed by atoms with E-state index in [1.54, 1.807) is 0 Å². The summed E-state index contributed by atoms with van der Waals surface area (Å²) in [7, 11) is 1.94. The molecule has 0 aliphatic rings. The predicted octanol–water partition coefficient (Wildman–Crippen LogP) is 2.86. The van der Waals surface area contributed by atoms with E-state index in [-0.39, 0.29) is 0 Å². The highest BCUT2D eigenvalue weighted by molar-refractivity contribution is 6.30. The number of nitrogens with one attached hydrogen (secondary N) is 1. The number of halogens is 1. The fraction of sp³-hybridized carbons (Fsp3) is 0.308. The molecule has 0 saturated carbocycles. The van der Waals surface area contributed by atoms with Crippen molar-refractivity contribution in [3.63, 3.8) is 0 Å². The number of benzene rings is 1. The zero-order chi connectivity index (χ0) is 12.4. The predicted molar refractivity (Wildman–Crippen MR) is 70.8 cm³/mol. The molecule has 0 spiro atoms. The van der Waals surface area contributed by atoms with Crippen molar-refractivity contribution in [3.05, 3.63) is 46.2 Å². The summed E-state index contributed by atoms with van der Waals surface area (Å²) in [5, 5.41) is 8.47. The first-order valence-corrected chi connectivity index (χ1v) is 5.97. The zero-order valence-electron chi connectivity index (χ0n) is 10.3. The van der Waals surface area contributed by atoms with Gasteiger partial charge in [0.2, 0.25) is 0 Å². The Bertz CT molecular complexity index is 514. The molecule has 0 fully saturated rings. The van der Waals surface area contributed by atoms with Gasteiger partial charge >= 0.3 is 0 Å². The summed E-state index contributed by atoms with van der Waals surface area (Å²) >= 11 is 5.89. The Labute approximate surface area is 106 Å². The van der Waals surface area contributed by atoms with E-state index >= 15 is 0 Å². The van der Waals surface area contributed by atoms with Gasteiger partial charge in [0.1, 0.15) is 0 Å². The Morgan fingerprint density at radius 2 is 1.88 bits per heavy atom. The molecule has 0 saturated heterocycles. The van der Waals surface area contributed by atoms with E-state index in [2.05, 4.69) is 17.3 Å². The topological polar surface area (TPSA) is 29.9 Å². The van der Waals surface area contributed by atoms with Crippen LogP contribution < -0.4 is 5.32 Å². The minimum atomic E-state index is 0.741. The number of aryl methyl sites for hydroxylation is 1. The van der Waals surface area contributed by atoms with Crippen molar-refractivity contribution in [3.8, 4) is 5.69 Å². The van der Waals surface area contributed by atoms with Crippen LogP contribution in [0.5, 0.6) is 0 Å². The van der Waals surface area contributed by atoms with Gasteiger partial charge in [-0.2, -0.15) is 5.10 Å². The van der Waals surface area contributed by atoms with Crippen molar-refractivity contribution < 1.29 is 0 Å². The van der Waals surface area contributed by atoms with E-state index in [9.17, 15) is 0 Å². The maximum absolute atomic E-state index is 5.89. The molecule has 17 heavy (non-hydrogen) atoms. The Morgan fingerprint density at radius 3 is 2.47 bits per heavy atom. The van der Waals surface area contributed by atoms with Crippen LogP contribution in [0.15, 0.2) is 24.3 Å². The van der Waals surface area contributed by atoms with Crippen LogP contribution in [0, 0.1) is 13.8 Å². The highest BCUT2D eigenvalue weighted by atomic mass is 35.5. The summed E-state index contributed by atoms with van der Waals surface area (Å²) in [5.41, 5.74) is 4.52. The zero-order valence-corrected chi connectivity index (χ0v) is 11.0. The molecule has 3 nitrogen and oxygen atoms in total. The first-order valence-electron chi connectivity index (χ1n) is 5.59. The van der Waals surface area contributed by atoms with E-state index in [0.29, 0.717) is 0 Å². The summed E-state index contributed by atoms with van der Waals surface area (Å²) in [6.07, 6.45) is 0. The SMILES string of the molecule is CNCc1c(C)nn(-c2ccc(Cl)cc2)c1C. The molecule has 0 aliphatic carbocycles.